The van der Waals surface area contributed by atoms with Crippen LogP contribution < -0.4 is 15.6 Å². The van der Waals surface area contributed by atoms with Gasteiger partial charge in [-0.3, -0.25) is 14.0 Å². The van der Waals surface area contributed by atoms with Crippen molar-refractivity contribution in [2.24, 2.45) is 0 Å². The highest BCUT2D eigenvalue weighted by molar-refractivity contribution is 5.77. The number of pyridine rings is 1. The van der Waals surface area contributed by atoms with Crippen LogP contribution in [0.1, 0.15) is 29.0 Å². The lowest BCUT2D eigenvalue weighted by Gasteiger charge is -2.19. The van der Waals surface area contributed by atoms with Gasteiger partial charge in [0.25, 0.3) is 5.56 Å². The van der Waals surface area contributed by atoms with Crippen molar-refractivity contribution < 1.29 is 33.6 Å². The summed E-state index contributed by atoms with van der Waals surface area (Å²) in [5, 5.41) is 32.4. The molecule has 1 amide bonds. The highest BCUT2D eigenvalue weighted by Gasteiger charge is 2.27. The number of rotatable bonds is 9. The molecule has 11 heteroatoms. The lowest BCUT2D eigenvalue weighted by Crippen LogP contribution is -2.30. The van der Waals surface area contributed by atoms with Gasteiger partial charge in [0.15, 0.2) is 11.5 Å². The number of hydrogen-bond acceptors (Lipinski definition) is 7. The zero-order valence-corrected chi connectivity index (χ0v) is 19.3. The molecule has 1 unspecified atom stereocenters. The first-order valence-electron chi connectivity index (χ1n) is 11.3. The van der Waals surface area contributed by atoms with Crippen LogP contribution in [0.4, 0.5) is 8.78 Å². The number of alkyl halides is 2. The molecule has 0 radical (unpaired) electrons. The maximum atomic E-state index is 13.3. The van der Waals surface area contributed by atoms with Crippen molar-refractivity contribution >= 4 is 11.6 Å². The second kappa shape index (κ2) is 10.9. The molecule has 0 saturated heterocycles. The van der Waals surface area contributed by atoms with E-state index in [0.29, 0.717) is 17.5 Å². The summed E-state index contributed by atoms with van der Waals surface area (Å²) in [6, 6.07) is 14.7. The normalized spacial score (nSPS) is 12.0. The Morgan fingerprint density at radius 1 is 1.03 bits per heavy atom. The van der Waals surface area contributed by atoms with E-state index in [9.17, 15) is 33.7 Å². The van der Waals surface area contributed by atoms with Crippen molar-refractivity contribution in [3.63, 3.8) is 0 Å². The highest BCUT2D eigenvalue weighted by Crippen LogP contribution is 2.33. The number of benzene rings is 2. The average molecular weight is 511 g/mol. The number of aromatic hydroxyl groups is 3. The maximum absolute atomic E-state index is 13.3. The van der Waals surface area contributed by atoms with Crippen LogP contribution in [0.15, 0.2) is 71.7 Å². The zero-order valence-electron chi connectivity index (χ0n) is 19.3. The van der Waals surface area contributed by atoms with Gasteiger partial charge in [0.1, 0.15) is 11.4 Å². The number of carbonyl (C=O) groups excluding carboxylic acids is 1. The van der Waals surface area contributed by atoms with Gasteiger partial charge in [-0.25, -0.2) is 0 Å². The first kappa shape index (κ1) is 25.4. The number of nitrogens with one attached hydrogen (secondary N) is 1. The standard InChI is InChI=1S/C26H23F2N3O6/c27-26(28)37-17-5-3-4-16(13-17)18(23-24(35)30-21-6-1-2-11-31(21)25(23)36)14-22(34)29-10-9-15-7-8-19(32)20(33)12-15/h1-8,11-13,18,26,32-33,35H,9-10,14H2,(H,29,34). The molecular formula is C26H23F2N3O6. The molecule has 2 aromatic carbocycles. The molecule has 192 valence electrons. The Morgan fingerprint density at radius 3 is 2.59 bits per heavy atom. The number of aromatic nitrogens is 2. The molecule has 1 atom stereocenters. The molecule has 37 heavy (non-hydrogen) atoms. The second-order valence-corrected chi connectivity index (χ2v) is 8.21. The zero-order chi connectivity index (χ0) is 26.5. The minimum absolute atomic E-state index is 0.168. The van der Waals surface area contributed by atoms with Crippen LogP contribution in [-0.4, -0.2) is 43.8 Å². The van der Waals surface area contributed by atoms with Crippen molar-refractivity contribution in [2.45, 2.75) is 25.4 Å². The molecular weight excluding hydrogens is 488 g/mol. The van der Waals surface area contributed by atoms with Crippen molar-refractivity contribution in [1.29, 1.82) is 0 Å². The highest BCUT2D eigenvalue weighted by atomic mass is 19.3. The first-order valence-corrected chi connectivity index (χ1v) is 11.3. The molecule has 0 saturated carbocycles. The fourth-order valence-electron chi connectivity index (χ4n) is 4.02. The Morgan fingerprint density at radius 2 is 1.84 bits per heavy atom. The van der Waals surface area contributed by atoms with Gasteiger partial charge >= 0.3 is 6.61 Å². The molecule has 2 heterocycles. The van der Waals surface area contributed by atoms with Gasteiger partial charge in [0.2, 0.25) is 11.8 Å². The summed E-state index contributed by atoms with van der Waals surface area (Å²) in [4.78, 5) is 30.3. The van der Waals surface area contributed by atoms with E-state index < -0.39 is 29.9 Å². The minimum atomic E-state index is -3.07. The van der Waals surface area contributed by atoms with E-state index >= 15 is 0 Å². The average Bonchev–Trinajstić information content (AvgIpc) is 2.85. The molecule has 0 bridgehead atoms. The van der Waals surface area contributed by atoms with E-state index in [1.165, 1.54) is 53.1 Å². The van der Waals surface area contributed by atoms with Gasteiger partial charge in [-0.15, -0.1) is 0 Å². The van der Waals surface area contributed by atoms with Gasteiger partial charge in [-0.1, -0.05) is 24.3 Å². The lowest BCUT2D eigenvalue weighted by atomic mass is 9.89. The molecule has 4 aromatic rings. The largest absolute Gasteiger partial charge is 0.504 e. The fourth-order valence-corrected chi connectivity index (χ4v) is 4.02. The van der Waals surface area contributed by atoms with Crippen LogP contribution in [-0.2, 0) is 11.2 Å². The van der Waals surface area contributed by atoms with Crippen LogP contribution in [0.2, 0.25) is 0 Å². The van der Waals surface area contributed by atoms with Crippen LogP contribution in [0.5, 0.6) is 23.1 Å². The summed E-state index contributed by atoms with van der Waals surface area (Å²) >= 11 is 0. The van der Waals surface area contributed by atoms with Gasteiger partial charge in [0, 0.05) is 25.1 Å². The number of amides is 1. The third-order valence-electron chi connectivity index (χ3n) is 5.75. The molecule has 0 aliphatic heterocycles. The molecule has 4 N–H and O–H groups in total. The smallest absolute Gasteiger partial charge is 0.387 e. The van der Waals surface area contributed by atoms with Gasteiger partial charge < -0.3 is 25.4 Å². The predicted molar refractivity (Wildman–Crippen MR) is 129 cm³/mol. The topological polar surface area (TPSA) is 133 Å². The van der Waals surface area contributed by atoms with E-state index in [1.807, 2.05) is 0 Å². The SMILES string of the molecule is O=C(CC(c1cccc(OC(F)F)c1)c1c(O)nc2ccccn2c1=O)NCCc1ccc(O)c(O)c1. The number of ether oxygens (including phenoxy) is 1. The summed E-state index contributed by atoms with van der Waals surface area (Å²) in [6.45, 7) is -2.90. The summed E-state index contributed by atoms with van der Waals surface area (Å²) in [6.07, 6.45) is 1.50. The van der Waals surface area contributed by atoms with Crippen molar-refractivity contribution in [2.75, 3.05) is 6.54 Å². The van der Waals surface area contributed by atoms with Gasteiger partial charge in [-0.2, -0.15) is 13.8 Å². The Hall–Kier alpha value is -4.67. The van der Waals surface area contributed by atoms with E-state index in [1.54, 1.807) is 18.2 Å². The number of halogens is 2. The number of carbonyl (C=O) groups is 1. The Labute approximate surface area is 209 Å². The summed E-state index contributed by atoms with van der Waals surface area (Å²) in [5.41, 5.74) is 0.376. The van der Waals surface area contributed by atoms with E-state index in [-0.39, 0.29) is 41.4 Å². The van der Waals surface area contributed by atoms with Crippen LogP contribution in [0.25, 0.3) is 5.65 Å². The maximum Gasteiger partial charge on any atom is 0.387 e. The Balaban J connectivity index is 1.63. The van der Waals surface area contributed by atoms with Crippen molar-refractivity contribution in [3.8, 4) is 23.1 Å². The molecule has 0 spiro atoms. The Kier molecular flexibility index (Phi) is 7.52. The molecule has 2 aromatic heterocycles. The van der Waals surface area contributed by atoms with Crippen LogP contribution >= 0.6 is 0 Å². The molecule has 4 rings (SSSR count). The number of fused-ring (bicyclic) bond motifs is 1. The minimum Gasteiger partial charge on any atom is -0.504 e. The van der Waals surface area contributed by atoms with Crippen LogP contribution in [0, 0.1) is 0 Å². The number of hydrogen-bond donors (Lipinski definition) is 4. The third-order valence-corrected chi connectivity index (χ3v) is 5.75. The number of phenols is 2. The first-order chi connectivity index (χ1) is 17.7. The summed E-state index contributed by atoms with van der Waals surface area (Å²) in [5.74, 6) is -2.80. The van der Waals surface area contributed by atoms with E-state index in [2.05, 4.69) is 15.0 Å². The van der Waals surface area contributed by atoms with Gasteiger partial charge in [-0.05, 0) is 53.9 Å². The molecule has 0 aliphatic rings. The lowest BCUT2D eigenvalue weighted by molar-refractivity contribution is -0.121. The monoisotopic (exact) mass is 511 g/mol. The third kappa shape index (κ3) is 5.95. The van der Waals surface area contributed by atoms with Crippen molar-refractivity contribution in [1.82, 2.24) is 14.7 Å². The summed E-state index contributed by atoms with van der Waals surface area (Å²) < 4.78 is 31.3. The van der Waals surface area contributed by atoms with Crippen molar-refractivity contribution in [3.05, 3.63) is 93.9 Å². The summed E-state index contributed by atoms with van der Waals surface area (Å²) in [7, 11) is 0. The van der Waals surface area contributed by atoms with Gasteiger partial charge in [0.05, 0.1) is 5.56 Å². The number of nitrogens with zero attached hydrogens (tertiary/aromatic N) is 2. The van der Waals surface area contributed by atoms with Crippen LogP contribution in [0.3, 0.4) is 0 Å². The van der Waals surface area contributed by atoms with E-state index in [4.69, 9.17) is 0 Å². The Bertz CT molecular complexity index is 1490. The fraction of sp³-hybridized carbons (Fsp3) is 0.192. The molecule has 0 aliphatic carbocycles. The second-order valence-electron chi connectivity index (χ2n) is 8.21. The quantitative estimate of drug-likeness (QED) is 0.254. The number of phenolic OH excluding ortho intramolecular Hbond substituents is 2. The predicted octanol–water partition coefficient (Wildman–Crippen LogP) is 3.29. The van der Waals surface area contributed by atoms with E-state index in [0.717, 1.165) is 0 Å². The molecule has 0 fully saturated rings. The molecule has 9 nitrogen and oxygen atoms in total.